The average molecular weight is 300 g/mol. The molecule has 1 unspecified atom stereocenters. The number of nitrogens with one attached hydrogen (secondary N) is 1. The van der Waals surface area contributed by atoms with E-state index in [1.165, 1.54) is 0 Å². The van der Waals surface area contributed by atoms with Crippen molar-refractivity contribution in [2.24, 2.45) is 0 Å². The van der Waals surface area contributed by atoms with Crippen LogP contribution in [0.1, 0.15) is 31.2 Å². The first-order chi connectivity index (χ1) is 8.70. The van der Waals surface area contributed by atoms with Crippen molar-refractivity contribution in [2.75, 3.05) is 6.54 Å². The molecule has 0 aliphatic heterocycles. The third-order valence-electron chi connectivity index (χ3n) is 3.56. The van der Waals surface area contributed by atoms with Crippen molar-refractivity contribution in [2.45, 2.75) is 31.2 Å². The highest BCUT2D eigenvalue weighted by Gasteiger charge is 2.41. The van der Waals surface area contributed by atoms with E-state index in [1.807, 2.05) is 24.3 Å². The number of ketones is 1. The Balaban J connectivity index is 0.00000180. The van der Waals surface area contributed by atoms with E-state index in [1.54, 1.807) is 6.08 Å². The Morgan fingerprint density at radius 3 is 2.74 bits per heavy atom. The lowest BCUT2D eigenvalue weighted by atomic mass is 9.75. The number of carbonyl (C=O) groups excluding carboxylic acids is 1. The molecule has 19 heavy (non-hydrogen) atoms. The summed E-state index contributed by atoms with van der Waals surface area (Å²) < 4.78 is 0. The monoisotopic (exact) mass is 299 g/mol. The van der Waals surface area contributed by atoms with Crippen molar-refractivity contribution < 1.29 is 4.79 Å². The highest BCUT2D eigenvalue weighted by atomic mass is 35.5. The first-order valence-corrected chi connectivity index (χ1v) is 6.73. The highest BCUT2D eigenvalue weighted by molar-refractivity contribution is 6.31. The van der Waals surface area contributed by atoms with Crippen LogP contribution in [0.2, 0.25) is 5.02 Å². The summed E-state index contributed by atoms with van der Waals surface area (Å²) in [5.74, 6) is 0.240. The molecule has 2 nitrogen and oxygen atoms in total. The predicted molar refractivity (Wildman–Crippen MR) is 82.1 cm³/mol. The van der Waals surface area contributed by atoms with Crippen molar-refractivity contribution in [3.05, 3.63) is 47.5 Å². The third kappa shape index (κ3) is 3.19. The second-order valence-corrected chi connectivity index (χ2v) is 5.09. The number of Topliss-reactive ketones (excluding diaryl/α,β-unsaturated/α-hetero) is 1. The summed E-state index contributed by atoms with van der Waals surface area (Å²) in [5.41, 5.74) is 0.281. The molecule has 1 saturated carbocycles. The maximum atomic E-state index is 12.4. The van der Waals surface area contributed by atoms with E-state index in [-0.39, 0.29) is 18.2 Å². The standard InChI is InChI=1S/C15H18ClNO.ClH/c1-2-11-17-15(10-6-5-9-14(15)18)12-7-3-4-8-13(12)16;/h2-4,7-8,17H,1,5-6,9-11H2;1H. The smallest absolute Gasteiger partial charge is 0.157 e. The Bertz CT molecular complexity index is 461. The molecular formula is C15H19Cl2NO. The maximum Gasteiger partial charge on any atom is 0.157 e. The van der Waals surface area contributed by atoms with Crippen molar-refractivity contribution in [3.63, 3.8) is 0 Å². The van der Waals surface area contributed by atoms with Crippen molar-refractivity contribution in [1.82, 2.24) is 5.32 Å². The minimum absolute atomic E-state index is 0. The lowest BCUT2D eigenvalue weighted by Gasteiger charge is -2.37. The third-order valence-corrected chi connectivity index (χ3v) is 3.89. The summed E-state index contributed by atoms with van der Waals surface area (Å²) in [5, 5.41) is 4.00. The van der Waals surface area contributed by atoms with Gasteiger partial charge in [0.15, 0.2) is 5.78 Å². The zero-order valence-electron chi connectivity index (χ0n) is 10.8. The minimum atomic E-state index is -0.620. The van der Waals surface area contributed by atoms with Crippen LogP contribution >= 0.6 is 24.0 Å². The first kappa shape index (κ1) is 16.2. The van der Waals surface area contributed by atoms with Gasteiger partial charge in [-0.1, -0.05) is 42.3 Å². The largest absolute Gasteiger partial charge is 0.298 e. The number of rotatable bonds is 4. The van der Waals surface area contributed by atoms with Crippen molar-refractivity contribution in [3.8, 4) is 0 Å². The molecule has 0 saturated heterocycles. The molecule has 0 spiro atoms. The van der Waals surface area contributed by atoms with E-state index in [0.29, 0.717) is 18.0 Å². The molecule has 104 valence electrons. The van der Waals surface area contributed by atoms with Crippen LogP contribution in [0.25, 0.3) is 0 Å². The Morgan fingerprint density at radius 2 is 2.11 bits per heavy atom. The van der Waals surface area contributed by atoms with Gasteiger partial charge < -0.3 is 0 Å². The summed E-state index contributed by atoms with van der Waals surface area (Å²) in [6.07, 6.45) is 5.22. The minimum Gasteiger partial charge on any atom is -0.298 e. The van der Waals surface area contributed by atoms with Gasteiger partial charge in [-0.2, -0.15) is 0 Å². The van der Waals surface area contributed by atoms with Gasteiger partial charge in [0.25, 0.3) is 0 Å². The predicted octanol–water partition coefficient (Wildman–Crippen LogP) is 3.88. The number of carbonyl (C=O) groups is 1. The second-order valence-electron chi connectivity index (χ2n) is 4.69. The van der Waals surface area contributed by atoms with Crippen molar-refractivity contribution >= 4 is 29.8 Å². The molecule has 1 N–H and O–H groups in total. The molecular weight excluding hydrogens is 281 g/mol. The zero-order chi connectivity index (χ0) is 13.0. The van der Waals surface area contributed by atoms with E-state index in [2.05, 4.69) is 11.9 Å². The molecule has 1 aromatic carbocycles. The van der Waals surface area contributed by atoms with E-state index in [9.17, 15) is 4.79 Å². The molecule has 1 aromatic rings. The molecule has 1 aliphatic carbocycles. The van der Waals surface area contributed by atoms with Crippen LogP contribution in [0, 0.1) is 0 Å². The SMILES string of the molecule is C=CCNC1(c2ccccc2Cl)CCCCC1=O.Cl. The van der Waals surface area contributed by atoms with Crippen LogP contribution in [0.15, 0.2) is 36.9 Å². The summed E-state index contributed by atoms with van der Waals surface area (Å²) in [6.45, 7) is 4.32. The number of hydrogen-bond acceptors (Lipinski definition) is 2. The van der Waals surface area contributed by atoms with E-state index in [0.717, 1.165) is 24.8 Å². The van der Waals surface area contributed by atoms with E-state index >= 15 is 0 Å². The lowest BCUT2D eigenvalue weighted by Crippen LogP contribution is -2.51. The fraction of sp³-hybridized carbons (Fsp3) is 0.400. The van der Waals surface area contributed by atoms with Crippen LogP contribution in [-0.2, 0) is 10.3 Å². The number of hydrogen-bond donors (Lipinski definition) is 1. The zero-order valence-corrected chi connectivity index (χ0v) is 12.4. The molecule has 0 amide bonds. The van der Waals surface area contributed by atoms with Gasteiger partial charge in [-0.15, -0.1) is 19.0 Å². The fourth-order valence-corrected chi connectivity index (χ4v) is 2.95. The van der Waals surface area contributed by atoms with Gasteiger partial charge in [-0.3, -0.25) is 10.1 Å². The Morgan fingerprint density at radius 1 is 1.37 bits per heavy atom. The van der Waals surface area contributed by atoms with Gasteiger partial charge >= 0.3 is 0 Å². The topological polar surface area (TPSA) is 29.1 Å². The molecule has 0 radical (unpaired) electrons. The molecule has 0 heterocycles. The second kappa shape index (κ2) is 7.09. The Labute approximate surface area is 125 Å². The van der Waals surface area contributed by atoms with Crippen LogP contribution in [-0.4, -0.2) is 12.3 Å². The first-order valence-electron chi connectivity index (χ1n) is 6.35. The number of halogens is 2. The summed E-state index contributed by atoms with van der Waals surface area (Å²) in [6, 6.07) is 7.61. The molecule has 1 atom stereocenters. The lowest BCUT2D eigenvalue weighted by molar-refractivity contribution is -0.127. The Kier molecular flexibility index (Phi) is 6.05. The normalized spacial score (nSPS) is 22.7. The van der Waals surface area contributed by atoms with Gasteiger partial charge in [0, 0.05) is 18.0 Å². The Hall–Kier alpha value is -0.830. The van der Waals surface area contributed by atoms with Gasteiger partial charge in [-0.25, -0.2) is 0 Å². The quantitative estimate of drug-likeness (QED) is 0.855. The molecule has 4 heteroatoms. The molecule has 1 fully saturated rings. The summed E-state index contributed by atoms with van der Waals surface area (Å²) in [4.78, 5) is 12.4. The van der Waals surface area contributed by atoms with Crippen LogP contribution in [0.5, 0.6) is 0 Å². The van der Waals surface area contributed by atoms with E-state index < -0.39 is 5.54 Å². The highest BCUT2D eigenvalue weighted by Crippen LogP contribution is 2.37. The van der Waals surface area contributed by atoms with Crippen LogP contribution in [0.3, 0.4) is 0 Å². The van der Waals surface area contributed by atoms with E-state index in [4.69, 9.17) is 11.6 Å². The molecule has 0 aromatic heterocycles. The van der Waals surface area contributed by atoms with Crippen LogP contribution < -0.4 is 5.32 Å². The molecule has 2 rings (SSSR count). The summed E-state index contributed by atoms with van der Waals surface area (Å²) in [7, 11) is 0. The molecule has 0 bridgehead atoms. The van der Waals surface area contributed by atoms with Gasteiger partial charge in [-0.05, 0) is 24.5 Å². The van der Waals surface area contributed by atoms with Gasteiger partial charge in [0.05, 0.1) is 0 Å². The molecule has 1 aliphatic rings. The van der Waals surface area contributed by atoms with Crippen LogP contribution in [0.4, 0.5) is 0 Å². The fourth-order valence-electron chi connectivity index (χ4n) is 2.65. The van der Waals surface area contributed by atoms with Gasteiger partial charge in [0.2, 0.25) is 0 Å². The van der Waals surface area contributed by atoms with Gasteiger partial charge in [0.1, 0.15) is 5.54 Å². The maximum absolute atomic E-state index is 12.4. The summed E-state index contributed by atoms with van der Waals surface area (Å²) >= 11 is 6.27. The number of benzene rings is 1. The average Bonchev–Trinajstić information content (AvgIpc) is 2.39. The van der Waals surface area contributed by atoms with Crippen molar-refractivity contribution in [1.29, 1.82) is 0 Å².